The van der Waals surface area contributed by atoms with E-state index in [1.165, 1.54) is 6.92 Å². The quantitative estimate of drug-likeness (QED) is 0.716. The number of carbonyl (C=O) groups is 2. The van der Waals surface area contributed by atoms with E-state index in [0.717, 1.165) is 11.3 Å². The Balaban J connectivity index is 2.49. The molecule has 1 aliphatic heterocycles. The summed E-state index contributed by atoms with van der Waals surface area (Å²) in [7, 11) is 0. The van der Waals surface area contributed by atoms with Gasteiger partial charge in [-0.15, -0.1) is 0 Å². The molecule has 1 aromatic carbocycles. The zero-order valence-electron chi connectivity index (χ0n) is 8.63. The molecule has 0 saturated heterocycles. The van der Waals surface area contributed by atoms with Crippen molar-refractivity contribution in [2.75, 3.05) is 5.32 Å². The van der Waals surface area contributed by atoms with Crippen molar-refractivity contribution in [3.8, 4) is 0 Å². The zero-order chi connectivity index (χ0) is 11.1. The highest BCUT2D eigenvalue weighted by Gasteiger charge is 2.42. The van der Waals surface area contributed by atoms with E-state index in [-0.39, 0.29) is 11.8 Å². The van der Waals surface area contributed by atoms with Crippen LogP contribution in [0, 0.1) is 0 Å². The molecular formula is C11H12N2O2. The first-order chi connectivity index (χ1) is 7.04. The summed E-state index contributed by atoms with van der Waals surface area (Å²) in [5.41, 5.74) is 0.631. The molecule has 0 aliphatic carbocycles. The van der Waals surface area contributed by atoms with Gasteiger partial charge in [0.2, 0.25) is 5.91 Å². The van der Waals surface area contributed by atoms with Gasteiger partial charge in [0, 0.05) is 18.2 Å². The number of anilines is 1. The first kappa shape index (κ1) is 9.71. The predicted molar refractivity (Wildman–Crippen MR) is 56.2 cm³/mol. The van der Waals surface area contributed by atoms with E-state index in [0.29, 0.717) is 0 Å². The van der Waals surface area contributed by atoms with E-state index in [2.05, 4.69) is 10.6 Å². The lowest BCUT2D eigenvalue weighted by molar-refractivity contribution is -0.128. The fourth-order valence-electron chi connectivity index (χ4n) is 1.87. The number of hydrogen-bond acceptors (Lipinski definition) is 2. The minimum atomic E-state index is -0.942. The van der Waals surface area contributed by atoms with E-state index in [9.17, 15) is 9.59 Å². The van der Waals surface area contributed by atoms with Crippen LogP contribution in [-0.2, 0) is 15.1 Å². The van der Waals surface area contributed by atoms with Gasteiger partial charge in [-0.25, -0.2) is 0 Å². The van der Waals surface area contributed by atoms with E-state index < -0.39 is 5.54 Å². The Morgan fingerprint density at radius 2 is 2.07 bits per heavy atom. The Labute approximate surface area is 87.7 Å². The Hall–Kier alpha value is -1.84. The van der Waals surface area contributed by atoms with Crippen LogP contribution >= 0.6 is 0 Å². The lowest BCUT2D eigenvalue weighted by atomic mass is 9.93. The summed E-state index contributed by atoms with van der Waals surface area (Å²) in [4.78, 5) is 22.8. The standard InChI is InChI=1S/C11H12N2O2/c1-7(14)13-11(2)8-5-3-4-6-9(8)12-10(11)15/h3-6H,1-2H3,(H,12,15)(H,13,14). The number of nitrogens with one attached hydrogen (secondary N) is 2. The lowest BCUT2D eigenvalue weighted by Gasteiger charge is -2.22. The maximum absolute atomic E-state index is 11.8. The van der Waals surface area contributed by atoms with Crippen molar-refractivity contribution in [2.45, 2.75) is 19.4 Å². The molecule has 2 rings (SSSR count). The van der Waals surface area contributed by atoms with Crippen molar-refractivity contribution in [3.63, 3.8) is 0 Å². The third kappa shape index (κ3) is 1.38. The molecule has 4 nitrogen and oxygen atoms in total. The number of rotatable bonds is 1. The van der Waals surface area contributed by atoms with E-state index in [4.69, 9.17) is 0 Å². The molecule has 0 spiro atoms. The Kier molecular flexibility index (Phi) is 2.00. The molecule has 2 amide bonds. The van der Waals surface area contributed by atoms with Crippen molar-refractivity contribution >= 4 is 17.5 Å². The summed E-state index contributed by atoms with van der Waals surface area (Å²) in [5.74, 6) is -0.414. The molecule has 0 fully saturated rings. The zero-order valence-corrected chi connectivity index (χ0v) is 8.63. The van der Waals surface area contributed by atoms with Crippen LogP contribution in [0.3, 0.4) is 0 Å². The van der Waals surface area contributed by atoms with Gasteiger partial charge in [-0.05, 0) is 13.0 Å². The van der Waals surface area contributed by atoms with E-state index >= 15 is 0 Å². The predicted octanol–water partition coefficient (Wildman–Crippen LogP) is 0.990. The monoisotopic (exact) mass is 204 g/mol. The SMILES string of the molecule is CC(=O)NC1(C)C(=O)Nc2ccccc21. The van der Waals surface area contributed by atoms with Crippen molar-refractivity contribution in [1.82, 2.24) is 5.32 Å². The summed E-state index contributed by atoms with van der Waals surface area (Å²) in [6.45, 7) is 3.11. The summed E-state index contributed by atoms with van der Waals surface area (Å²) >= 11 is 0. The molecule has 1 aromatic rings. The largest absolute Gasteiger partial charge is 0.338 e. The Bertz CT molecular complexity index is 442. The van der Waals surface area contributed by atoms with Gasteiger partial charge in [-0.2, -0.15) is 0 Å². The molecule has 2 N–H and O–H groups in total. The summed E-state index contributed by atoms with van der Waals surface area (Å²) in [5, 5.41) is 5.41. The van der Waals surface area contributed by atoms with Gasteiger partial charge in [0.15, 0.2) is 0 Å². The number of fused-ring (bicyclic) bond motifs is 1. The molecule has 0 aromatic heterocycles. The van der Waals surface area contributed by atoms with Crippen LogP contribution in [0.2, 0.25) is 0 Å². The highest BCUT2D eigenvalue weighted by atomic mass is 16.2. The first-order valence-electron chi connectivity index (χ1n) is 4.74. The van der Waals surface area contributed by atoms with Crippen LogP contribution in [0.4, 0.5) is 5.69 Å². The first-order valence-corrected chi connectivity index (χ1v) is 4.74. The summed E-state index contributed by atoms with van der Waals surface area (Å²) in [6, 6.07) is 7.35. The fraction of sp³-hybridized carbons (Fsp3) is 0.273. The number of amides is 2. The van der Waals surface area contributed by atoms with Gasteiger partial charge >= 0.3 is 0 Å². The van der Waals surface area contributed by atoms with Crippen molar-refractivity contribution in [2.24, 2.45) is 0 Å². The topological polar surface area (TPSA) is 58.2 Å². The second kappa shape index (κ2) is 3.08. The van der Waals surface area contributed by atoms with Gasteiger partial charge in [0.1, 0.15) is 5.54 Å². The maximum Gasteiger partial charge on any atom is 0.254 e. The van der Waals surface area contributed by atoms with Gasteiger partial charge in [-0.3, -0.25) is 9.59 Å². The molecule has 0 radical (unpaired) electrons. The Morgan fingerprint density at radius 1 is 1.40 bits per heavy atom. The minimum absolute atomic E-state index is 0.195. The van der Waals surface area contributed by atoms with Gasteiger partial charge in [0.05, 0.1) is 0 Å². The van der Waals surface area contributed by atoms with Crippen molar-refractivity contribution < 1.29 is 9.59 Å². The molecule has 0 saturated carbocycles. The smallest absolute Gasteiger partial charge is 0.254 e. The van der Waals surface area contributed by atoms with Crippen LogP contribution in [0.25, 0.3) is 0 Å². The fourth-order valence-corrected chi connectivity index (χ4v) is 1.87. The van der Waals surface area contributed by atoms with Crippen molar-refractivity contribution in [1.29, 1.82) is 0 Å². The second-order valence-electron chi connectivity index (χ2n) is 3.81. The Morgan fingerprint density at radius 3 is 2.73 bits per heavy atom. The third-order valence-corrected chi connectivity index (χ3v) is 2.59. The second-order valence-corrected chi connectivity index (χ2v) is 3.81. The molecule has 0 bridgehead atoms. The van der Waals surface area contributed by atoms with Crippen LogP contribution in [0.5, 0.6) is 0 Å². The van der Waals surface area contributed by atoms with Gasteiger partial charge < -0.3 is 10.6 Å². The number of carbonyl (C=O) groups excluding carboxylic acids is 2. The van der Waals surface area contributed by atoms with E-state index in [1.807, 2.05) is 24.3 Å². The van der Waals surface area contributed by atoms with Crippen LogP contribution in [0.15, 0.2) is 24.3 Å². The highest BCUT2D eigenvalue weighted by molar-refractivity contribution is 6.07. The molecule has 4 heteroatoms. The molecule has 1 unspecified atom stereocenters. The van der Waals surface area contributed by atoms with Crippen LogP contribution in [-0.4, -0.2) is 11.8 Å². The highest BCUT2D eigenvalue weighted by Crippen LogP contribution is 2.35. The molecule has 1 heterocycles. The molecule has 15 heavy (non-hydrogen) atoms. The minimum Gasteiger partial charge on any atom is -0.338 e. The molecule has 78 valence electrons. The lowest BCUT2D eigenvalue weighted by Crippen LogP contribution is -2.47. The maximum atomic E-state index is 11.8. The molecule has 1 aliphatic rings. The normalized spacial score (nSPS) is 23.2. The third-order valence-electron chi connectivity index (χ3n) is 2.59. The van der Waals surface area contributed by atoms with Crippen LogP contribution < -0.4 is 10.6 Å². The van der Waals surface area contributed by atoms with E-state index in [1.54, 1.807) is 6.92 Å². The average molecular weight is 204 g/mol. The average Bonchev–Trinajstić information content (AvgIpc) is 2.39. The van der Waals surface area contributed by atoms with Gasteiger partial charge in [-0.1, -0.05) is 18.2 Å². The summed E-state index contributed by atoms with van der Waals surface area (Å²) in [6.07, 6.45) is 0. The summed E-state index contributed by atoms with van der Waals surface area (Å²) < 4.78 is 0. The molecular weight excluding hydrogens is 192 g/mol. The van der Waals surface area contributed by atoms with Crippen molar-refractivity contribution in [3.05, 3.63) is 29.8 Å². The number of hydrogen-bond donors (Lipinski definition) is 2. The molecule has 1 atom stereocenters. The van der Waals surface area contributed by atoms with Crippen LogP contribution in [0.1, 0.15) is 19.4 Å². The van der Waals surface area contributed by atoms with Gasteiger partial charge in [0.25, 0.3) is 5.91 Å². The number of para-hydroxylation sites is 1. The number of benzene rings is 1.